The molecule has 6 heteroatoms. The summed E-state index contributed by atoms with van der Waals surface area (Å²) in [4.78, 5) is 12.7. The number of fused-ring (bicyclic) bond motifs is 1. The van der Waals surface area contributed by atoms with Crippen LogP contribution in [0.1, 0.15) is 6.92 Å². The van der Waals surface area contributed by atoms with Gasteiger partial charge in [0, 0.05) is 30.7 Å². The second-order valence-corrected chi connectivity index (χ2v) is 7.44. The molecule has 3 aromatic rings. The minimum absolute atomic E-state index is 0.0533. The molecule has 0 saturated carbocycles. The lowest BCUT2D eigenvalue weighted by Gasteiger charge is -2.32. The molecule has 0 radical (unpaired) electrons. The molecule has 2 aromatic carbocycles. The molecule has 0 unspecified atom stereocenters. The van der Waals surface area contributed by atoms with Crippen LogP contribution >= 0.6 is 10.8 Å². The van der Waals surface area contributed by atoms with Crippen LogP contribution in [-0.4, -0.2) is 20.2 Å². The highest BCUT2D eigenvalue weighted by atomic mass is 32.3. The van der Waals surface area contributed by atoms with Gasteiger partial charge in [-0.3, -0.25) is 13.9 Å². The van der Waals surface area contributed by atoms with E-state index in [1.54, 1.807) is 42.1 Å². The summed E-state index contributed by atoms with van der Waals surface area (Å²) in [6.07, 6.45) is 1.78. The molecule has 3 rings (SSSR count). The van der Waals surface area contributed by atoms with Crippen LogP contribution in [0.2, 0.25) is 0 Å². The van der Waals surface area contributed by atoms with Gasteiger partial charge in [0.25, 0.3) is 5.56 Å². The van der Waals surface area contributed by atoms with Crippen LogP contribution in [0.15, 0.2) is 64.4 Å². The topological polar surface area (TPSA) is 74.5 Å². The number of nitrogens with zero attached hydrogens (tertiary/aromatic N) is 1. The van der Waals surface area contributed by atoms with Gasteiger partial charge < -0.3 is 4.57 Å². The fourth-order valence-corrected chi connectivity index (χ4v) is 3.90. The minimum atomic E-state index is -3.03. The van der Waals surface area contributed by atoms with Gasteiger partial charge in [-0.1, -0.05) is 37.3 Å². The first-order valence-corrected chi connectivity index (χ1v) is 9.20. The summed E-state index contributed by atoms with van der Waals surface area (Å²) in [5.74, 6) is 0. The molecule has 3 N–H and O–H groups in total. The van der Waals surface area contributed by atoms with Gasteiger partial charge in [0.15, 0.2) is 0 Å². The van der Waals surface area contributed by atoms with Gasteiger partial charge in [-0.25, -0.2) is 4.72 Å². The molecule has 24 heavy (non-hydrogen) atoms. The van der Waals surface area contributed by atoms with Crippen LogP contribution < -0.4 is 10.3 Å². The van der Waals surface area contributed by atoms with Gasteiger partial charge in [-0.2, -0.15) is 0 Å². The standard InChI is InChI=1S/C18H20N2O3S/c1-3-19-24(22,23)14-8-6-7-13(11-14)17-12-20(2)18(21)16-10-5-4-9-15(16)17/h4-12,19,22-23H,3H2,1-2H3. The predicted octanol–water partition coefficient (Wildman–Crippen LogP) is 3.84. The number of aryl methyl sites for hydroxylation is 1. The molecule has 0 bridgehead atoms. The maximum Gasteiger partial charge on any atom is 0.258 e. The highest BCUT2D eigenvalue weighted by Crippen LogP contribution is 2.45. The maximum absolute atomic E-state index is 12.3. The Balaban J connectivity index is 2.22. The highest BCUT2D eigenvalue weighted by molar-refractivity contribution is 8.22. The van der Waals surface area contributed by atoms with Crippen molar-refractivity contribution in [2.75, 3.05) is 6.54 Å². The van der Waals surface area contributed by atoms with Crippen LogP contribution in [0.25, 0.3) is 21.9 Å². The van der Waals surface area contributed by atoms with E-state index >= 15 is 0 Å². The molecule has 1 aromatic heterocycles. The van der Waals surface area contributed by atoms with E-state index in [-0.39, 0.29) is 5.56 Å². The summed E-state index contributed by atoms with van der Waals surface area (Å²) in [7, 11) is -1.31. The lowest BCUT2D eigenvalue weighted by atomic mass is 10.0. The number of benzene rings is 2. The minimum Gasteiger partial charge on any atom is -0.317 e. The Morgan fingerprint density at radius 3 is 2.50 bits per heavy atom. The molecule has 1 heterocycles. The fraction of sp³-hybridized carbons (Fsp3) is 0.167. The van der Waals surface area contributed by atoms with E-state index < -0.39 is 10.8 Å². The third-order valence-corrected chi connectivity index (χ3v) is 5.51. The quantitative estimate of drug-likeness (QED) is 0.672. The summed E-state index contributed by atoms with van der Waals surface area (Å²) in [6.45, 7) is 2.27. The monoisotopic (exact) mass is 344 g/mol. The van der Waals surface area contributed by atoms with Crippen molar-refractivity contribution in [2.24, 2.45) is 7.05 Å². The SMILES string of the molecule is CCNS(O)(O)c1cccc(-c2cn(C)c(=O)c3ccccc23)c1. The first-order chi connectivity index (χ1) is 11.4. The van der Waals surface area contributed by atoms with Crippen LogP contribution in [0.3, 0.4) is 0 Å². The van der Waals surface area contributed by atoms with Crippen LogP contribution in [0.4, 0.5) is 0 Å². The zero-order valence-electron chi connectivity index (χ0n) is 13.6. The number of hydrogen-bond acceptors (Lipinski definition) is 4. The number of nitrogens with one attached hydrogen (secondary N) is 1. The highest BCUT2D eigenvalue weighted by Gasteiger charge is 2.16. The van der Waals surface area contributed by atoms with Crippen molar-refractivity contribution in [3.8, 4) is 11.1 Å². The number of rotatable bonds is 4. The lowest BCUT2D eigenvalue weighted by molar-refractivity contribution is 0.472. The summed E-state index contributed by atoms with van der Waals surface area (Å²) in [6, 6.07) is 14.6. The van der Waals surface area contributed by atoms with Gasteiger partial charge in [0.05, 0.1) is 4.90 Å². The molecule has 0 amide bonds. The van der Waals surface area contributed by atoms with Gasteiger partial charge in [0.1, 0.15) is 0 Å². The number of hydrogen-bond donors (Lipinski definition) is 3. The zero-order valence-corrected chi connectivity index (χ0v) is 14.4. The van der Waals surface area contributed by atoms with E-state index in [0.717, 1.165) is 16.5 Å². The van der Waals surface area contributed by atoms with Crippen molar-refractivity contribution < 1.29 is 9.11 Å². The molecular formula is C18H20N2O3S. The molecule has 0 spiro atoms. The molecule has 0 aliphatic heterocycles. The molecule has 0 fully saturated rings. The van der Waals surface area contributed by atoms with Crippen molar-refractivity contribution in [3.05, 3.63) is 65.1 Å². The van der Waals surface area contributed by atoms with Crippen LogP contribution in [0, 0.1) is 0 Å². The van der Waals surface area contributed by atoms with E-state index in [2.05, 4.69) is 4.72 Å². The second-order valence-electron chi connectivity index (χ2n) is 5.58. The van der Waals surface area contributed by atoms with Gasteiger partial charge in [0.2, 0.25) is 0 Å². The zero-order chi connectivity index (χ0) is 17.3. The Bertz CT molecular complexity index is 950. The van der Waals surface area contributed by atoms with Crippen LogP contribution in [0.5, 0.6) is 0 Å². The molecule has 126 valence electrons. The average molecular weight is 344 g/mol. The third kappa shape index (κ3) is 2.97. The summed E-state index contributed by atoms with van der Waals surface area (Å²) < 4.78 is 24.7. The first kappa shape index (κ1) is 16.7. The predicted molar refractivity (Wildman–Crippen MR) is 99.4 cm³/mol. The molecular weight excluding hydrogens is 324 g/mol. The van der Waals surface area contributed by atoms with Crippen molar-refractivity contribution in [1.29, 1.82) is 0 Å². The van der Waals surface area contributed by atoms with Crippen molar-refractivity contribution in [1.82, 2.24) is 9.29 Å². The lowest BCUT2D eigenvalue weighted by Crippen LogP contribution is -2.19. The van der Waals surface area contributed by atoms with E-state index in [9.17, 15) is 13.9 Å². The Kier molecular flexibility index (Phi) is 4.47. The molecule has 0 saturated heterocycles. The molecule has 0 aliphatic carbocycles. The first-order valence-electron chi connectivity index (χ1n) is 7.65. The van der Waals surface area contributed by atoms with Gasteiger partial charge in [-0.05, 0) is 29.1 Å². The summed E-state index contributed by atoms with van der Waals surface area (Å²) in [5.41, 5.74) is 1.65. The van der Waals surface area contributed by atoms with E-state index in [4.69, 9.17) is 0 Å². The van der Waals surface area contributed by atoms with E-state index in [1.165, 1.54) is 0 Å². The molecule has 5 nitrogen and oxygen atoms in total. The Morgan fingerprint density at radius 1 is 1.08 bits per heavy atom. The van der Waals surface area contributed by atoms with Crippen molar-refractivity contribution >= 4 is 21.5 Å². The van der Waals surface area contributed by atoms with Crippen molar-refractivity contribution in [3.63, 3.8) is 0 Å². The number of pyridine rings is 1. The second kappa shape index (κ2) is 6.41. The molecule has 0 atom stereocenters. The average Bonchev–Trinajstić information content (AvgIpc) is 2.58. The van der Waals surface area contributed by atoms with Crippen LogP contribution in [-0.2, 0) is 7.05 Å². The Morgan fingerprint density at radius 2 is 1.79 bits per heavy atom. The fourth-order valence-electron chi connectivity index (χ4n) is 2.77. The molecule has 0 aliphatic rings. The smallest absolute Gasteiger partial charge is 0.258 e. The summed E-state index contributed by atoms with van der Waals surface area (Å²) in [5, 5.41) is 1.49. The van der Waals surface area contributed by atoms with E-state index in [1.807, 2.05) is 31.2 Å². The van der Waals surface area contributed by atoms with Gasteiger partial charge in [-0.15, -0.1) is 10.8 Å². The normalized spacial score (nSPS) is 12.5. The largest absolute Gasteiger partial charge is 0.317 e. The van der Waals surface area contributed by atoms with Crippen molar-refractivity contribution in [2.45, 2.75) is 11.8 Å². The summed E-state index contributed by atoms with van der Waals surface area (Å²) >= 11 is 0. The Labute approximate surface area is 142 Å². The van der Waals surface area contributed by atoms with E-state index in [0.29, 0.717) is 16.8 Å². The third-order valence-electron chi connectivity index (χ3n) is 3.91. The maximum atomic E-state index is 12.3. The number of aromatic nitrogens is 1. The van der Waals surface area contributed by atoms with Gasteiger partial charge >= 0.3 is 0 Å². The Hall–Kier alpha value is -2.12.